The second-order valence-electron chi connectivity index (χ2n) is 6.19. The van der Waals surface area contributed by atoms with Gasteiger partial charge in [0.15, 0.2) is 17.2 Å². The summed E-state index contributed by atoms with van der Waals surface area (Å²) < 4.78 is 1.36. The van der Waals surface area contributed by atoms with Crippen LogP contribution in [-0.4, -0.2) is 25.4 Å². The van der Waals surface area contributed by atoms with Crippen molar-refractivity contribution >= 4 is 40.3 Å². The fourth-order valence-corrected chi connectivity index (χ4v) is 3.16. The van der Waals surface area contributed by atoms with Crippen LogP contribution in [0, 0.1) is 6.92 Å². The number of hydrogen-bond acceptors (Lipinski definition) is 4. The molecule has 0 spiro atoms. The number of carbonyl (C=O) groups excluding carboxylic acids is 1. The number of imidazole rings is 1. The van der Waals surface area contributed by atoms with Gasteiger partial charge in [0.05, 0.1) is 15.7 Å². The molecule has 0 radical (unpaired) electrons. The predicted molar refractivity (Wildman–Crippen MR) is 108 cm³/mol. The van der Waals surface area contributed by atoms with Crippen LogP contribution in [0.15, 0.2) is 47.3 Å². The molecule has 0 bridgehead atoms. The van der Waals surface area contributed by atoms with E-state index in [2.05, 4.69) is 15.0 Å². The van der Waals surface area contributed by atoms with Crippen molar-refractivity contribution in [2.75, 3.05) is 0 Å². The summed E-state index contributed by atoms with van der Waals surface area (Å²) in [6.07, 6.45) is 0. The Bertz CT molecular complexity index is 1290. The van der Waals surface area contributed by atoms with E-state index in [0.717, 1.165) is 5.56 Å². The molecule has 4 rings (SSSR count). The number of fused-ring (bicyclic) bond motifs is 1. The van der Waals surface area contributed by atoms with E-state index in [1.165, 1.54) is 4.57 Å². The normalized spacial score (nSPS) is 11.1. The van der Waals surface area contributed by atoms with E-state index in [0.29, 0.717) is 21.3 Å². The number of nitrogens with two attached hydrogens (primary N) is 1. The zero-order valence-corrected chi connectivity index (χ0v) is 16.0. The Morgan fingerprint density at radius 1 is 1.07 bits per heavy atom. The molecule has 28 heavy (non-hydrogen) atoms. The standard InChI is InChI=1S/C19H13Cl2N5O2/c1-9-2-5-11(6-3-9)26-18-15(24-19(26)28)14(16(22)27)23-17(25-18)10-4-7-12(20)13(21)8-10/h2-8H,1H3,(H2,22,27)(H,24,28). The third-order valence-corrected chi connectivity index (χ3v) is 4.98. The summed E-state index contributed by atoms with van der Waals surface area (Å²) in [6.45, 7) is 1.94. The maximum Gasteiger partial charge on any atom is 0.332 e. The number of primary amides is 1. The first kappa shape index (κ1) is 18.2. The molecule has 0 aliphatic heterocycles. The number of halogens is 2. The molecule has 2 aromatic carbocycles. The average molecular weight is 414 g/mol. The first-order valence-electron chi connectivity index (χ1n) is 8.20. The summed E-state index contributed by atoms with van der Waals surface area (Å²) in [5.74, 6) is -0.592. The molecule has 9 heteroatoms. The lowest BCUT2D eigenvalue weighted by Crippen LogP contribution is -2.15. The Labute approximate surface area is 168 Å². The molecule has 1 amide bonds. The first-order valence-corrected chi connectivity index (χ1v) is 8.96. The number of carbonyl (C=O) groups is 1. The summed E-state index contributed by atoms with van der Waals surface area (Å²) in [4.78, 5) is 35.9. The maximum absolute atomic E-state index is 12.6. The number of nitrogens with zero attached hydrogens (tertiary/aromatic N) is 3. The van der Waals surface area contributed by atoms with Crippen LogP contribution in [0.2, 0.25) is 10.0 Å². The number of H-pyrrole nitrogens is 1. The minimum Gasteiger partial charge on any atom is -0.364 e. The van der Waals surface area contributed by atoms with Crippen LogP contribution in [0.1, 0.15) is 16.1 Å². The smallest absolute Gasteiger partial charge is 0.332 e. The second-order valence-corrected chi connectivity index (χ2v) is 7.00. The molecule has 2 aromatic heterocycles. The summed E-state index contributed by atoms with van der Waals surface area (Å²) in [5.41, 5.74) is 7.52. The topological polar surface area (TPSA) is 107 Å². The molecule has 0 aliphatic carbocycles. The zero-order chi connectivity index (χ0) is 20.0. The lowest BCUT2D eigenvalue weighted by molar-refractivity contribution is 0.0997. The van der Waals surface area contributed by atoms with Crippen LogP contribution >= 0.6 is 23.2 Å². The van der Waals surface area contributed by atoms with Gasteiger partial charge in [-0.15, -0.1) is 0 Å². The van der Waals surface area contributed by atoms with E-state index in [1.807, 2.05) is 19.1 Å². The van der Waals surface area contributed by atoms with Gasteiger partial charge in [0.2, 0.25) is 0 Å². The third-order valence-electron chi connectivity index (χ3n) is 4.24. The highest BCUT2D eigenvalue weighted by Gasteiger charge is 2.20. The molecule has 2 heterocycles. The van der Waals surface area contributed by atoms with Gasteiger partial charge in [-0.2, -0.15) is 0 Å². The molecule has 3 N–H and O–H groups in total. The molecule has 140 valence electrons. The Hall–Kier alpha value is -3.16. The van der Waals surface area contributed by atoms with Gasteiger partial charge in [-0.3, -0.25) is 4.79 Å². The van der Waals surface area contributed by atoms with Crippen molar-refractivity contribution in [1.29, 1.82) is 0 Å². The van der Waals surface area contributed by atoms with Crippen molar-refractivity contribution in [1.82, 2.24) is 19.5 Å². The summed E-state index contributed by atoms with van der Waals surface area (Å²) >= 11 is 12.1. The van der Waals surface area contributed by atoms with Crippen molar-refractivity contribution < 1.29 is 4.79 Å². The van der Waals surface area contributed by atoms with E-state index >= 15 is 0 Å². The van der Waals surface area contributed by atoms with Crippen molar-refractivity contribution in [3.63, 3.8) is 0 Å². The van der Waals surface area contributed by atoms with E-state index in [4.69, 9.17) is 28.9 Å². The van der Waals surface area contributed by atoms with E-state index < -0.39 is 11.6 Å². The fourth-order valence-electron chi connectivity index (χ4n) is 2.86. The van der Waals surface area contributed by atoms with Gasteiger partial charge < -0.3 is 10.7 Å². The molecule has 0 unspecified atom stereocenters. The predicted octanol–water partition coefficient (Wildman–Crippen LogP) is 3.49. The fraction of sp³-hybridized carbons (Fsp3) is 0.0526. The highest BCUT2D eigenvalue weighted by Crippen LogP contribution is 2.28. The summed E-state index contributed by atoms with van der Waals surface area (Å²) in [6, 6.07) is 12.2. The van der Waals surface area contributed by atoms with Crippen molar-refractivity contribution in [3.8, 4) is 17.1 Å². The number of aryl methyl sites for hydroxylation is 1. The van der Waals surface area contributed by atoms with Crippen LogP contribution in [0.3, 0.4) is 0 Å². The summed E-state index contributed by atoms with van der Waals surface area (Å²) in [5, 5.41) is 0.688. The van der Waals surface area contributed by atoms with Gasteiger partial charge in [-0.05, 0) is 37.3 Å². The van der Waals surface area contributed by atoms with E-state index in [9.17, 15) is 9.59 Å². The number of amides is 1. The van der Waals surface area contributed by atoms with Gasteiger partial charge in [0.1, 0.15) is 5.52 Å². The molecule has 0 aliphatic rings. The number of rotatable bonds is 3. The van der Waals surface area contributed by atoms with Crippen molar-refractivity contribution in [2.45, 2.75) is 6.92 Å². The lowest BCUT2D eigenvalue weighted by atomic mass is 10.2. The molecule has 7 nitrogen and oxygen atoms in total. The number of hydrogen-bond donors (Lipinski definition) is 2. The Balaban J connectivity index is 2.04. The quantitative estimate of drug-likeness (QED) is 0.535. The lowest BCUT2D eigenvalue weighted by Gasteiger charge is -2.07. The highest BCUT2D eigenvalue weighted by molar-refractivity contribution is 6.42. The van der Waals surface area contributed by atoms with Crippen molar-refractivity contribution in [3.05, 3.63) is 74.3 Å². The SMILES string of the molecule is Cc1ccc(-n2c(=O)[nH]c3c(C(N)=O)nc(-c4ccc(Cl)c(Cl)c4)nc32)cc1. The Morgan fingerprint density at radius 3 is 2.43 bits per heavy atom. The zero-order valence-electron chi connectivity index (χ0n) is 14.5. The maximum atomic E-state index is 12.6. The molecule has 0 fully saturated rings. The molecular weight excluding hydrogens is 401 g/mol. The number of benzene rings is 2. The average Bonchev–Trinajstić information content (AvgIpc) is 2.99. The highest BCUT2D eigenvalue weighted by atomic mass is 35.5. The molecule has 0 saturated heterocycles. The van der Waals surface area contributed by atoms with E-state index in [-0.39, 0.29) is 22.7 Å². The van der Waals surface area contributed by atoms with Gasteiger partial charge in [-0.1, -0.05) is 40.9 Å². The Morgan fingerprint density at radius 2 is 1.79 bits per heavy atom. The van der Waals surface area contributed by atoms with Crippen LogP contribution < -0.4 is 11.4 Å². The summed E-state index contributed by atoms with van der Waals surface area (Å²) in [7, 11) is 0. The van der Waals surface area contributed by atoms with Crippen LogP contribution in [0.4, 0.5) is 0 Å². The minimum absolute atomic E-state index is 0.0889. The van der Waals surface area contributed by atoms with Gasteiger partial charge in [0.25, 0.3) is 5.91 Å². The van der Waals surface area contributed by atoms with E-state index in [1.54, 1.807) is 30.3 Å². The van der Waals surface area contributed by atoms with Crippen LogP contribution in [0.25, 0.3) is 28.2 Å². The van der Waals surface area contributed by atoms with Crippen molar-refractivity contribution in [2.24, 2.45) is 5.73 Å². The van der Waals surface area contributed by atoms with Crippen LogP contribution in [-0.2, 0) is 0 Å². The number of nitrogens with one attached hydrogen (secondary N) is 1. The molecular formula is C19H13Cl2N5O2. The number of aromatic nitrogens is 4. The first-order chi connectivity index (χ1) is 13.3. The molecule has 0 saturated carbocycles. The third kappa shape index (κ3) is 3.04. The Kier molecular flexibility index (Phi) is 4.41. The number of aromatic amines is 1. The monoisotopic (exact) mass is 413 g/mol. The molecule has 4 aromatic rings. The largest absolute Gasteiger partial charge is 0.364 e. The minimum atomic E-state index is -0.786. The van der Waals surface area contributed by atoms with Gasteiger partial charge in [-0.25, -0.2) is 19.3 Å². The van der Waals surface area contributed by atoms with Gasteiger partial charge in [0, 0.05) is 5.56 Å². The van der Waals surface area contributed by atoms with Gasteiger partial charge >= 0.3 is 5.69 Å². The molecule has 0 atom stereocenters. The van der Waals surface area contributed by atoms with Crippen LogP contribution in [0.5, 0.6) is 0 Å². The second kappa shape index (κ2) is 6.78.